The van der Waals surface area contributed by atoms with Crippen LogP contribution in [0.2, 0.25) is 10.0 Å². The lowest BCUT2D eigenvalue weighted by Crippen LogP contribution is -2.13. The van der Waals surface area contributed by atoms with Gasteiger partial charge in [-0.2, -0.15) is 5.26 Å². The van der Waals surface area contributed by atoms with Crippen molar-refractivity contribution in [2.75, 3.05) is 5.32 Å². The lowest BCUT2D eigenvalue weighted by atomic mass is 9.99. The van der Waals surface area contributed by atoms with Gasteiger partial charge in [0.1, 0.15) is 36.4 Å². The molecule has 0 radical (unpaired) electrons. The summed E-state index contributed by atoms with van der Waals surface area (Å²) in [5.41, 5.74) is 4.13. The summed E-state index contributed by atoms with van der Waals surface area (Å²) in [5.74, 6) is 0.640. The number of hydrogen-bond acceptors (Lipinski definition) is 4. The minimum atomic E-state index is -0.534. The van der Waals surface area contributed by atoms with Gasteiger partial charge in [0.05, 0.1) is 0 Å². The number of carbonyl (C=O) groups is 1. The lowest BCUT2D eigenvalue weighted by molar-refractivity contribution is -0.112. The van der Waals surface area contributed by atoms with E-state index in [9.17, 15) is 10.1 Å². The lowest BCUT2D eigenvalue weighted by Gasteiger charge is -2.15. The van der Waals surface area contributed by atoms with Gasteiger partial charge in [-0.05, 0) is 82.6 Å². The van der Waals surface area contributed by atoms with Gasteiger partial charge in [-0.25, -0.2) is 0 Å². The van der Waals surface area contributed by atoms with Crippen LogP contribution in [-0.2, 0) is 18.0 Å². The van der Waals surface area contributed by atoms with E-state index in [1.165, 1.54) is 0 Å². The molecule has 46 heavy (non-hydrogen) atoms. The van der Waals surface area contributed by atoms with E-state index in [0.29, 0.717) is 39.4 Å². The summed E-state index contributed by atoms with van der Waals surface area (Å²) in [4.78, 5) is 13.3. The van der Waals surface area contributed by atoms with E-state index in [4.69, 9.17) is 32.7 Å². The molecular weight excluding hydrogens is 615 g/mol. The summed E-state index contributed by atoms with van der Waals surface area (Å²) in [7, 11) is 0. The van der Waals surface area contributed by atoms with Crippen LogP contribution in [0.5, 0.6) is 11.5 Å². The maximum Gasteiger partial charge on any atom is 0.266 e. The SMILES string of the molecule is Cc1ccc2ccccc2c1COc1ccc2ccccc2c1/C=C(\C#N)C(=O)Nc1ccc(OCc2ccc(Cl)cc2Cl)cc1. The first kappa shape index (κ1) is 30.7. The maximum absolute atomic E-state index is 13.3. The largest absolute Gasteiger partial charge is 0.489 e. The molecule has 0 aliphatic heterocycles. The van der Waals surface area contributed by atoms with Gasteiger partial charge < -0.3 is 14.8 Å². The summed E-state index contributed by atoms with van der Waals surface area (Å²) >= 11 is 12.2. The van der Waals surface area contributed by atoms with Crippen molar-refractivity contribution in [3.8, 4) is 17.6 Å². The standard InChI is InChI=1S/C39H28Cl2N2O3/c1-25-10-11-26-6-3-5-9-34(26)36(25)24-46-38-19-13-27-7-2-4-8-33(27)35(38)20-29(22-42)39(44)43-31-15-17-32(18-16-31)45-23-28-12-14-30(40)21-37(28)41/h2-21H,23-24H2,1H3,(H,43,44)/b29-20+. The van der Waals surface area contributed by atoms with Crippen molar-refractivity contribution in [1.82, 2.24) is 0 Å². The molecule has 0 spiro atoms. The van der Waals surface area contributed by atoms with Crippen molar-refractivity contribution in [1.29, 1.82) is 5.26 Å². The van der Waals surface area contributed by atoms with Gasteiger partial charge in [0, 0.05) is 32.4 Å². The second kappa shape index (κ2) is 13.8. The zero-order chi connectivity index (χ0) is 32.0. The molecule has 0 saturated carbocycles. The minimum Gasteiger partial charge on any atom is -0.489 e. The van der Waals surface area contributed by atoms with E-state index in [1.54, 1.807) is 42.5 Å². The van der Waals surface area contributed by atoms with Crippen LogP contribution in [0.1, 0.15) is 22.3 Å². The predicted octanol–water partition coefficient (Wildman–Crippen LogP) is 10.3. The Balaban J connectivity index is 1.23. The van der Waals surface area contributed by atoms with Gasteiger partial charge in [0.25, 0.3) is 5.91 Å². The van der Waals surface area contributed by atoms with Crippen LogP contribution >= 0.6 is 23.2 Å². The van der Waals surface area contributed by atoms with Gasteiger partial charge in [-0.3, -0.25) is 4.79 Å². The Bertz CT molecular complexity index is 2150. The molecule has 1 amide bonds. The number of ether oxygens (including phenoxy) is 2. The average Bonchev–Trinajstić information content (AvgIpc) is 3.07. The molecule has 7 heteroatoms. The Morgan fingerprint density at radius 1 is 0.804 bits per heavy atom. The normalized spacial score (nSPS) is 11.3. The Kier molecular flexibility index (Phi) is 9.21. The third-order valence-electron chi connectivity index (χ3n) is 7.75. The molecule has 1 N–H and O–H groups in total. The zero-order valence-corrected chi connectivity index (χ0v) is 26.4. The number of hydrogen-bond donors (Lipinski definition) is 1. The van der Waals surface area contributed by atoms with E-state index >= 15 is 0 Å². The fourth-order valence-corrected chi connectivity index (χ4v) is 5.73. The van der Waals surface area contributed by atoms with Crippen molar-refractivity contribution >= 4 is 62.4 Å². The van der Waals surface area contributed by atoms with Crippen LogP contribution in [0, 0.1) is 18.3 Å². The summed E-state index contributed by atoms with van der Waals surface area (Å²) in [6.45, 7) is 2.66. The summed E-state index contributed by atoms with van der Waals surface area (Å²) in [6.07, 6.45) is 1.59. The fraction of sp³-hybridized carbons (Fsp3) is 0.0769. The number of halogens is 2. The summed E-state index contributed by atoms with van der Waals surface area (Å²) < 4.78 is 12.3. The highest BCUT2D eigenvalue weighted by Gasteiger charge is 2.15. The fourth-order valence-electron chi connectivity index (χ4n) is 5.26. The number of fused-ring (bicyclic) bond motifs is 2. The van der Waals surface area contributed by atoms with Gasteiger partial charge in [0.2, 0.25) is 0 Å². The van der Waals surface area contributed by atoms with Crippen molar-refractivity contribution in [2.24, 2.45) is 0 Å². The molecule has 0 saturated heterocycles. The molecule has 0 unspecified atom stereocenters. The van der Waals surface area contributed by atoms with Crippen LogP contribution in [0.25, 0.3) is 27.6 Å². The van der Waals surface area contributed by atoms with Crippen molar-refractivity contribution in [3.05, 3.63) is 153 Å². The Morgan fingerprint density at radius 2 is 1.50 bits per heavy atom. The smallest absolute Gasteiger partial charge is 0.266 e. The maximum atomic E-state index is 13.3. The third kappa shape index (κ3) is 6.84. The highest BCUT2D eigenvalue weighted by atomic mass is 35.5. The zero-order valence-electron chi connectivity index (χ0n) is 24.9. The molecule has 0 bridgehead atoms. The van der Waals surface area contributed by atoms with E-state index in [-0.39, 0.29) is 12.2 Å². The number of anilines is 1. The molecular formula is C39H28Cl2N2O3. The van der Waals surface area contributed by atoms with Crippen LogP contribution in [0.4, 0.5) is 5.69 Å². The first-order chi connectivity index (χ1) is 22.4. The molecule has 0 aliphatic carbocycles. The third-order valence-corrected chi connectivity index (χ3v) is 8.34. The highest BCUT2D eigenvalue weighted by Crippen LogP contribution is 2.32. The van der Waals surface area contributed by atoms with E-state index in [0.717, 1.165) is 38.2 Å². The number of amides is 1. The van der Waals surface area contributed by atoms with Crippen LogP contribution in [0.15, 0.2) is 121 Å². The highest BCUT2D eigenvalue weighted by molar-refractivity contribution is 6.35. The summed E-state index contributed by atoms with van der Waals surface area (Å²) in [5, 5.41) is 18.1. The topological polar surface area (TPSA) is 71.3 Å². The first-order valence-electron chi connectivity index (χ1n) is 14.6. The molecule has 5 nitrogen and oxygen atoms in total. The number of rotatable bonds is 9. The second-order valence-corrected chi connectivity index (χ2v) is 11.6. The number of benzene rings is 6. The van der Waals surface area contributed by atoms with E-state index in [2.05, 4.69) is 42.6 Å². The quantitative estimate of drug-likeness (QED) is 0.126. The van der Waals surface area contributed by atoms with Crippen molar-refractivity contribution in [2.45, 2.75) is 20.1 Å². The number of nitrogens with one attached hydrogen (secondary N) is 1. The monoisotopic (exact) mass is 642 g/mol. The summed E-state index contributed by atoms with van der Waals surface area (Å²) in [6, 6.07) is 38.3. The van der Waals surface area contributed by atoms with Gasteiger partial charge in [-0.1, -0.05) is 96.0 Å². The Hall–Kier alpha value is -5.28. The number of nitriles is 1. The van der Waals surface area contributed by atoms with Crippen molar-refractivity contribution in [3.63, 3.8) is 0 Å². The predicted molar refractivity (Wildman–Crippen MR) is 186 cm³/mol. The number of nitrogens with zero attached hydrogens (tertiary/aromatic N) is 1. The second-order valence-electron chi connectivity index (χ2n) is 10.7. The van der Waals surface area contributed by atoms with Crippen LogP contribution in [0.3, 0.4) is 0 Å². The molecule has 0 atom stereocenters. The minimum absolute atomic E-state index is 0.0553. The molecule has 6 aromatic carbocycles. The molecule has 0 fully saturated rings. The molecule has 0 heterocycles. The molecule has 0 aromatic heterocycles. The number of aryl methyl sites for hydroxylation is 1. The van der Waals surface area contributed by atoms with Gasteiger partial charge in [-0.15, -0.1) is 0 Å². The van der Waals surface area contributed by atoms with Gasteiger partial charge in [0.15, 0.2) is 0 Å². The Morgan fingerprint density at radius 3 is 2.24 bits per heavy atom. The average molecular weight is 644 g/mol. The van der Waals surface area contributed by atoms with Gasteiger partial charge >= 0.3 is 0 Å². The number of carbonyl (C=O) groups excluding carboxylic acids is 1. The van der Waals surface area contributed by atoms with Crippen LogP contribution < -0.4 is 14.8 Å². The molecule has 226 valence electrons. The molecule has 6 rings (SSSR count). The Labute approximate surface area is 277 Å². The van der Waals surface area contributed by atoms with Crippen molar-refractivity contribution < 1.29 is 14.3 Å². The van der Waals surface area contributed by atoms with E-state index in [1.807, 2.05) is 54.6 Å². The first-order valence-corrected chi connectivity index (χ1v) is 15.4. The molecule has 0 aliphatic rings. The van der Waals surface area contributed by atoms with E-state index < -0.39 is 5.91 Å². The van der Waals surface area contributed by atoms with Crippen LogP contribution in [-0.4, -0.2) is 5.91 Å². The molecule has 6 aromatic rings.